The van der Waals surface area contributed by atoms with E-state index in [1.54, 1.807) is 0 Å². The third kappa shape index (κ3) is 2.53. The zero-order valence-electron chi connectivity index (χ0n) is 11.3. The number of halogens is 2. The maximum atomic E-state index is 11.2. The number of hydrogen-bond donors (Lipinski definition) is 0. The molecule has 0 amide bonds. The molecule has 1 aliphatic rings. The van der Waals surface area contributed by atoms with Gasteiger partial charge in [0.15, 0.2) is 5.75 Å². The number of fused-ring (bicyclic) bond motifs is 1. The van der Waals surface area contributed by atoms with E-state index in [9.17, 15) is 4.79 Å². The molecule has 0 atom stereocenters. The second-order valence-corrected chi connectivity index (χ2v) is 5.60. The van der Waals surface area contributed by atoms with Gasteiger partial charge in [-0.25, -0.2) is 9.78 Å². The molecule has 6 nitrogen and oxygen atoms in total. The van der Waals surface area contributed by atoms with Crippen LogP contribution >= 0.6 is 23.2 Å². The van der Waals surface area contributed by atoms with E-state index in [1.165, 1.54) is 17.8 Å². The minimum atomic E-state index is -0.848. The third-order valence-corrected chi connectivity index (χ3v) is 4.32. The van der Waals surface area contributed by atoms with Crippen molar-refractivity contribution in [3.8, 4) is 5.75 Å². The molecule has 1 fully saturated rings. The van der Waals surface area contributed by atoms with Gasteiger partial charge in [-0.05, 0) is 18.8 Å². The topological polar surface area (TPSA) is 65.7 Å². The summed E-state index contributed by atoms with van der Waals surface area (Å²) in [6.07, 6.45) is 4.91. The molecule has 21 heavy (non-hydrogen) atoms. The average Bonchev–Trinajstić information content (AvgIpc) is 3.10. The van der Waals surface area contributed by atoms with Gasteiger partial charge in [-0.15, -0.1) is 0 Å². The molecule has 8 heteroatoms. The Bertz CT molecular complexity index is 696. The normalized spacial score (nSPS) is 15.6. The zero-order chi connectivity index (χ0) is 15.0. The summed E-state index contributed by atoms with van der Waals surface area (Å²) in [6.45, 7) is 0. The van der Waals surface area contributed by atoms with Crippen LogP contribution in [0.15, 0.2) is 6.20 Å². The highest BCUT2D eigenvalue weighted by atomic mass is 35.5. The summed E-state index contributed by atoms with van der Waals surface area (Å²) in [7, 11) is 1.22. The van der Waals surface area contributed by atoms with Gasteiger partial charge >= 0.3 is 6.16 Å². The molecule has 2 aromatic rings. The predicted molar refractivity (Wildman–Crippen MR) is 77.2 cm³/mol. The zero-order valence-corrected chi connectivity index (χ0v) is 12.8. The second kappa shape index (κ2) is 5.69. The summed E-state index contributed by atoms with van der Waals surface area (Å²) in [5.74, 6) is 0.458. The van der Waals surface area contributed by atoms with Crippen LogP contribution in [-0.4, -0.2) is 27.9 Å². The van der Waals surface area contributed by atoms with Crippen molar-refractivity contribution in [3.05, 3.63) is 22.1 Å². The lowest BCUT2D eigenvalue weighted by Gasteiger charge is -2.14. The van der Waals surface area contributed by atoms with Crippen molar-refractivity contribution in [2.24, 2.45) is 0 Å². The lowest BCUT2D eigenvalue weighted by atomic mass is 10.0. The molecule has 112 valence electrons. The monoisotopic (exact) mass is 329 g/mol. The SMILES string of the molecule is COC(=O)Oc1cnn2c(Cl)c(C3CCCC3)c(Cl)nc12. The van der Waals surface area contributed by atoms with Crippen molar-refractivity contribution in [2.75, 3.05) is 7.11 Å². The fraction of sp³-hybridized carbons (Fsp3) is 0.462. The molecular weight excluding hydrogens is 317 g/mol. The summed E-state index contributed by atoms with van der Waals surface area (Å²) >= 11 is 12.7. The average molecular weight is 330 g/mol. The van der Waals surface area contributed by atoms with Gasteiger partial charge in [-0.3, -0.25) is 0 Å². The van der Waals surface area contributed by atoms with Crippen LogP contribution < -0.4 is 4.74 Å². The van der Waals surface area contributed by atoms with Gasteiger partial charge in [0.25, 0.3) is 0 Å². The van der Waals surface area contributed by atoms with Crippen LogP contribution in [0.2, 0.25) is 10.3 Å². The first-order valence-electron chi connectivity index (χ1n) is 6.60. The molecule has 0 spiro atoms. The number of ether oxygens (including phenoxy) is 2. The summed E-state index contributed by atoms with van der Waals surface area (Å²) in [5, 5.41) is 4.85. The van der Waals surface area contributed by atoms with E-state index in [-0.39, 0.29) is 11.4 Å². The summed E-state index contributed by atoms with van der Waals surface area (Å²) in [5.41, 5.74) is 1.10. The van der Waals surface area contributed by atoms with E-state index in [4.69, 9.17) is 27.9 Å². The van der Waals surface area contributed by atoms with E-state index in [0.29, 0.717) is 16.2 Å². The molecule has 0 bridgehead atoms. The quantitative estimate of drug-likeness (QED) is 0.618. The Hall–Kier alpha value is -1.53. The van der Waals surface area contributed by atoms with Gasteiger partial charge in [0.1, 0.15) is 10.3 Å². The van der Waals surface area contributed by atoms with Crippen LogP contribution in [0.25, 0.3) is 5.65 Å². The molecule has 3 rings (SSSR count). The molecule has 0 unspecified atom stereocenters. The summed E-state index contributed by atoms with van der Waals surface area (Å²) in [6, 6.07) is 0. The number of nitrogens with zero attached hydrogens (tertiary/aromatic N) is 3. The van der Waals surface area contributed by atoms with Crippen LogP contribution in [0, 0.1) is 0 Å². The molecule has 0 saturated heterocycles. The van der Waals surface area contributed by atoms with Crippen LogP contribution in [0.4, 0.5) is 4.79 Å². The Morgan fingerprint density at radius 3 is 2.76 bits per heavy atom. The molecule has 2 heterocycles. The number of carbonyl (C=O) groups excluding carboxylic acids is 1. The standard InChI is InChI=1S/C13H13Cl2N3O3/c1-20-13(19)21-8-6-16-18-11(15)9(7-4-2-3-5-7)10(14)17-12(8)18/h6-7H,2-5H2,1H3. The molecule has 1 saturated carbocycles. The van der Waals surface area contributed by atoms with Gasteiger partial charge in [0.05, 0.1) is 13.3 Å². The van der Waals surface area contributed by atoms with E-state index in [0.717, 1.165) is 31.2 Å². The predicted octanol–water partition coefficient (Wildman–Crippen LogP) is 3.84. The largest absolute Gasteiger partial charge is 0.513 e. The molecule has 0 aromatic carbocycles. The first-order chi connectivity index (χ1) is 10.1. The molecule has 0 aliphatic heterocycles. The van der Waals surface area contributed by atoms with Gasteiger partial charge in [-0.1, -0.05) is 36.0 Å². The Morgan fingerprint density at radius 2 is 2.10 bits per heavy atom. The van der Waals surface area contributed by atoms with Crippen LogP contribution in [0.1, 0.15) is 37.2 Å². The van der Waals surface area contributed by atoms with Gasteiger partial charge in [-0.2, -0.15) is 9.61 Å². The summed E-state index contributed by atoms with van der Waals surface area (Å²) < 4.78 is 10.8. The first-order valence-corrected chi connectivity index (χ1v) is 7.36. The van der Waals surface area contributed by atoms with E-state index in [1.807, 2.05) is 0 Å². The summed E-state index contributed by atoms with van der Waals surface area (Å²) in [4.78, 5) is 15.5. The fourth-order valence-corrected chi connectivity index (χ4v) is 3.42. The Kier molecular flexibility index (Phi) is 3.91. The Balaban J connectivity index is 2.07. The van der Waals surface area contributed by atoms with Crippen molar-refractivity contribution in [2.45, 2.75) is 31.6 Å². The van der Waals surface area contributed by atoms with Crippen molar-refractivity contribution < 1.29 is 14.3 Å². The fourth-order valence-electron chi connectivity index (χ4n) is 2.68. The van der Waals surface area contributed by atoms with Crippen LogP contribution in [0.3, 0.4) is 0 Å². The minimum Gasteiger partial charge on any atom is -0.437 e. The maximum absolute atomic E-state index is 11.2. The van der Waals surface area contributed by atoms with Crippen LogP contribution in [-0.2, 0) is 4.74 Å². The number of rotatable bonds is 2. The first kappa shape index (κ1) is 14.4. The highest BCUT2D eigenvalue weighted by molar-refractivity contribution is 6.35. The number of aromatic nitrogens is 3. The molecule has 0 N–H and O–H groups in total. The minimum absolute atomic E-state index is 0.156. The number of carbonyl (C=O) groups is 1. The van der Waals surface area contributed by atoms with Crippen LogP contribution in [0.5, 0.6) is 5.75 Å². The van der Waals surface area contributed by atoms with Gasteiger partial charge in [0.2, 0.25) is 5.65 Å². The van der Waals surface area contributed by atoms with E-state index in [2.05, 4.69) is 14.8 Å². The van der Waals surface area contributed by atoms with Crippen molar-refractivity contribution in [1.29, 1.82) is 0 Å². The number of hydrogen-bond acceptors (Lipinski definition) is 5. The van der Waals surface area contributed by atoms with Gasteiger partial charge in [0, 0.05) is 5.56 Å². The number of methoxy groups -OCH3 is 1. The van der Waals surface area contributed by atoms with E-state index >= 15 is 0 Å². The maximum Gasteiger partial charge on any atom is 0.513 e. The molecular formula is C13H13Cl2N3O3. The van der Waals surface area contributed by atoms with Crippen molar-refractivity contribution in [1.82, 2.24) is 14.6 Å². The molecule has 0 radical (unpaired) electrons. The third-order valence-electron chi connectivity index (χ3n) is 3.67. The lowest BCUT2D eigenvalue weighted by Crippen LogP contribution is -2.08. The smallest absolute Gasteiger partial charge is 0.437 e. The lowest BCUT2D eigenvalue weighted by molar-refractivity contribution is 0.122. The van der Waals surface area contributed by atoms with Crippen molar-refractivity contribution in [3.63, 3.8) is 0 Å². The van der Waals surface area contributed by atoms with E-state index < -0.39 is 6.16 Å². The van der Waals surface area contributed by atoms with Gasteiger partial charge < -0.3 is 9.47 Å². The molecule has 1 aliphatic carbocycles. The molecule has 2 aromatic heterocycles. The highest BCUT2D eigenvalue weighted by Gasteiger charge is 2.26. The Labute approximate surface area is 131 Å². The second-order valence-electron chi connectivity index (χ2n) is 4.89. The highest BCUT2D eigenvalue weighted by Crippen LogP contribution is 2.41. The Morgan fingerprint density at radius 1 is 1.38 bits per heavy atom. The van der Waals surface area contributed by atoms with Crippen molar-refractivity contribution >= 4 is 35.0 Å².